The Morgan fingerprint density at radius 1 is 1.28 bits per heavy atom. The zero-order valence-corrected chi connectivity index (χ0v) is 15.4. The van der Waals surface area contributed by atoms with Crippen molar-refractivity contribution in [2.24, 2.45) is 5.73 Å². The number of nitrogens with zero attached hydrogens (tertiary/aromatic N) is 1. The van der Waals surface area contributed by atoms with E-state index >= 15 is 0 Å². The Hall–Kier alpha value is -1.48. The minimum absolute atomic E-state index is 0.0225. The van der Waals surface area contributed by atoms with E-state index in [0.29, 0.717) is 45.7 Å². The van der Waals surface area contributed by atoms with Crippen LogP contribution in [0.3, 0.4) is 0 Å². The third-order valence-corrected chi connectivity index (χ3v) is 6.01. The molecule has 1 aromatic rings. The van der Waals surface area contributed by atoms with E-state index < -0.39 is 10.0 Å². The molecule has 0 aromatic heterocycles. The Bertz CT molecular complexity index is 653. The summed E-state index contributed by atoms with van der Waals surface area (Å²) in [5.41, 5.74) is 6.57. The van der Waals surface area contributed by atoms with Crippen molar-refractivity contribution in [1.29, 1.82) is 0 Å². The lowest BCUT2D eigenvalue weighted by Gasteiger charge is -2.26. The van der Waals surface area contributed by atoms with Crippen molar-refractivity contribution < 1.29 is 17.9 Å². The number of hydrogen-bond acceptors (Lipinski definition) is 5. The van der Waals surface area contributed by atoms with Gasteiger partial charge in [-0.3, -0.25) is 4.79 Å². The normalized spacial score (nSPS) is 17.2. The third-order valence-electron chi connectivity index (χ3n) is 4.09. The number of carbonyl (C=O) groups excluding carboxylic acids is 1. The number of rotatable bonds is 8. The molecule has 1 atom stereocenters. The van der Waals surface area contributed by atoms with Gasteiger partial charge in [-0.25, -0.2) is 8.42 Å². The van der Waals surface area contributed by atoms with E-state index in [1.807, 2.05) is 6.92 Å². The van der Waals surface area contributed by atoms with Crippen LogP contribution < -0.4 is 11.1 Å². The molecule has 140 valence electrons. The van der Waals surface area contributed by atoms with Gasteiger partial charge < -0.3 is 15.8 Å². The number of benzene rings is 1. The van der Waals surface area contributed by atoms with Gasteiger partial charge in [0.15, 0.2) is 0 Å². The molecule has 3 N–H and O–H groups in total. The Labute approximate surface area is 149 Å². The summed E-state index contributed by atoms with van der Waals surface area (Å²) in [4.78, 5) is 12.0. The number of carbonyl (C=O) groups is 1. The van der Waals surface area contributed by atoms with Crippen LogP contribution in [0.1, 0.15) is 25.3 Å². The Morgan fingerprint density at radius 2 is 1.92 bits per heavy atom. The minimum Gasteiger partial charge on any atom is -0.379 e. The highest BCUT2D eigenvalue weighted by atomic mass is 32.2. The Balaban J connectivity index is 1.86. The van der Waals surface area contributed by atoms with Gasteiger partial charge in [0.1, 0.15) is 0 Å². The number of aryl methyl sites for hydroxylation is 1. The first kappa shape index (κ1) is 19.8. The lowest BCUT2D eigenvalue weighted by molar-refractivity contribution is -0.121. The second kappa shape index (κ2) is 9.28. The van der Waals surface area contributed by atoms with Crippen LogP contribution in [-0.2, 0) is 26.0 Å². The first-order valence-electron chi connectivity index (χ1n) is 8.58. The summed E-state index contributed by atoms with van der Waals surface area (Å²) in [7, 11) is -3.47. The maximum absolute atomic E-state index is 12.5. The number of ether oxygens (including phenoxy) is 1. The monoisotopic (exact) mass is 369 g/mol. The van der Waals surface area contributed by atoms with Crippen molar-refractivity contribution >= 4 is 15.9 Å². The second-order valence-corrected chi connectivity index (χ2v) is 8.21. The third kappa shape index (κ3) is 6.07. The fourth-order valence-corrected chi connectivity index (χ4v) is 3.96. The summed E-state index contributed by atoms with van der Waals surface area (Å²) in [6.07, 6.45) is 1.69. The average Bonchev–Trinajstić information content (AvgIpc) is 2.61. The van der Waals surface area contributed by atoms with E-state index in [0.717, 1.165) is 12.0 Å². The molecule has 1 unspecified atom stereocenters. The van der Waals surface area contributed by atoms with Crippen LogP contribution in [0.4, 0.5) is 0 Å². The van der Waals surface area contributed by atoms with Crippen LogP contribution in [0.25, 0.3) is 0 Å². The number of hydrogen-bond donors (Lipinski definition) is 2. The fourth-order valence-electron chi connectivity index (χ4n) is 2.55. The number of morpholine rings is 1. The van der Waals surface area contributed by atoms with Crippen LogP contribution in [-0.4, -0.2) is 57.5 Å². The van der Waals surface area contributed by atoms with Crippen LogP contribution in [0.15, 0.2) is 29.2 Å². The molecule has 0 spiro atoms. The van der Waals surface area contributed by atoms with E-state index in [2.05, 4.69) is 5.32 Å². The Kier molecular flexibility index (Phi) is 7.37. The number of sulfonamides is 1. The molecule has 1 amide bonds. The molecule has 1 fully saturated rings. The molecule has 2 rings (SSSR count). The highest BCUT2D eigenvalue weighted by molar-refractivity contribution is 7.89. The van der Waals surface area contributed by atoms with Gasteiger partial charge in [-0.05, 0) is 37.5 Å². The first-order valence-corrected chi connectivity index (χ1v) is 10.0. The van der Waals surface area contributed by atoms with Gasteiger partial charge >= 0.3 is 0 Å². The largest absolute Gasteiger partial charge is 0.379 e. The van der Waals surface area contributed by atoms with Crippen molar-refractivity contribution in [2.75, 3.05) is 32.8 Å². The van der Waals surface area contributed by atoms with Crippen LogP contribution in [0.5, 0.6) is 0 Å². The summed E-state index contributed by atoms with van der Waals surface area (Å²) in [5.74, 6) is -0.0225. The molecule has 0 aliphatic carbocycles. The standard InChI is InChI=1S/C17H27N3O4S/c1-14(18)8-9-19-17(21)7-4-15-2-5-16(6-3-15)25(22,23)20-10-12-24-13-11-20/h2-3,5-6,14H,4,7-13,18H2,1H3,(H,19,21). The molecule has 1 heterocycles. The fraction of sp³-hybridized carbons (Fsp3) is 0.588. The summed E-state index contributed by atoms with van der Waals surface area (Å²) < 4.78 is 31.7. The summed E-state index contributed by atoms with van der Waals surface area (Å²) in [6.45, 7) is 4.09. The van der Waals surface area contributed by atoms with Crippen molar-refractivity contribution in [1.82, 2.24) is 9.62 Å². The van der Waals surface area contributed by atoms with Crippen molar-refractivity contribution in [3.63, 3.8) is 0 Å². The zero-order valence-electron chi connectivity index (χ0n) is 14.6. The minimum atomic E-state index is -3.47. The van der Waals surface area contributed by atoms with E-state index in [-0.39, 0.29) is 16.8 Å². The molecule has 7 nitrogen and oxygen atoms in total. The summed E-state index contributed by atoms with van der Waals surface area (Å²) in [5, 5.41) is 2.83. The van der Waals surface area contributed by atoms with Crippen molar-refractivity contribution in [3.8, 4) is 0 Å². The molecule has 0 radical (unpaired) electrons. The molecule has 0 bridgehead atoms. The van der Waals surface area contributed by atoms with Gasteiger partial charge in [-0.2, -0.15) is 4.31 Å². The van der Waals surface area contributed by atoms with Gasteiger partial charge in [0.25, 0.3) is 0 Å². The average molecular weight is 369 g/mol. The van der Waals surface area contributed by atoms with E-state index in [1.54, 1.807) is 24.3 Å². The Morgan fingerprint density at radius 3 is 2.52 bits per heavy atom. The van der Waals surface area contributed by atoms with Crippen molar-refractivity contribution in [3.05, 3.63) is 29.8 Å². The second-order valence-electron chi connectivity index (χ2n) is 6.28. The molecular formula is C17H27N3O4S. The topological polar surface area (TPSA) is 102 Å². The van der Waals surface area contributed by atoms with E-state index in [4.69, 9.17) is 10.5 Å². The summed E-state index contributed by atoms with van der Waals surface area (Å²) in [6, 6.07) is 6.81. The van der Waals surface area contributed by atoms with Crippen molar-refractivity contribution in [2.45, 2.75) is 37.1 Å². The van der Waals surface area contributed by atoms with Crippen LogP contribution >= 0.6 is 0 Å². The zero-order chi connectivity index (χ0) is 18.3. The maximum Gasteiger partial charge on any atom is 0.243 e. The molecule has 1 aromatic carbocycles. The highest BCUT2D eigenvalue weighted by Crippen LogP contribution is 2.18. The van der Waals surface area contributed by atoms with Crippen LogP contribution in [0.2, 0.25) is 0 Å². The number of amides is 1. The van der Waals surface area contributed by atoms with Crippen LogP contribution in [0, 0.1) is 0 Å². The predicted molar refractivity (Wildman–Crippen MR) is 95.6 cm³/mol. The first-order chi connectivity index (χ1) is 11.9. The van der Waals surface area contributed by atoms with Gasteiger partial charge in [0.05, 0.1) is 18.1 Å². The summed E-state index contributed by atoms with van der Waals surface area (Å²) >= 11 is 0. The molecule has 1 aliphatic rings. The van der Waals surface area contributed by atoms with Gasteiger partial charge in [-0.1, -0.05) is 12.1 Å². The van der Waals surface area contributed by atoms with E-state index in [1.165, 1.54) is 4.31 Å². The molecule has 0 saturated carbocycles. The van der Waals surface area contributed by atoms with E-state index in [9.17, 15) is 13.2 Å². The molecular weight excluding hydrogens is 342 g/mol. The quantitative estimate of drug-likeness (QED) is 0.694. The highest BCUT2D eigenvalue weighted by Gasteiger charge is 2.26. The van der Waals surface area contributed by atoms with Gasteiger partial charge in [0, 0.05) is 32.1 Å². The smallest absolute Gasteiger partial charge is 0.243 e. The maximum atomic E-state index is 12.5. The number of nitrogens with one attached hydrogen (secondary N) is 1. The van der Waals surface area contributed by atoms with Gasteiger partial charge in [0.2, 0.25) is 15.9 Å². The SMILES string of the molecule is CC(N)CCNC(=O)CCc1ccc(S(=O)(=O)N2CCOCC2)cc1. The lowest BCUT2D eigenvalue weighted by Crippen LogP contribution is -2.40. The number of nitrogens with two attached hydrogens (primary N) is 1. The van der Waals surface area contributed by atoms with Gasteiger partial charge in [-0.15, -0.1) is 0 Å². The predicted octanol–water partition coefficient (Wildman–Crippen LogP) is 0.494. The lowest BCUT2D eigenvalue weighted by atomic mass is 10.1. The molecule has 1 aliphatic heterocycles. The molecule has 8 heteroatoms. The molecule has 1 saturated heterocycles. The molecule has 25 heavy (non-hydrogen) atoms.